The summed E-state index contributed by atoms with van der Waals surface area (Å²) in [6.45, 7) is 5.89. The molecule has 0 N–H and O–H groups in total. The molecule has 0 aliphatic heterocycles. The molecule has 0 unspecified atom stereocenters. The van der Waals surface area contributed by atoms with Gasteiger partial charge in [0, 0.05) is 5.56 Å². The average Bonchev–Trinajstić information content (AvgIpc) is 3.21. The van der Waals surface area contributed by atoms with E-state index in [4.69, 9.17) is 4.52 Å². The highest BCUT2D eigenvalue weighted by molar-refractivity contribution is 7.98. The van der Waals surface area contributed by atoms with E-state index < -0.39 is 11.7 Å². The van der Waals surface area contributed by atoms with Crippen molar-refractivity contribution in [2.45, 2.75) is 43.4 Å². The molecule has 0 amide bonds. The zero-order valence-corrected chi connectivity index (χ0v) is 15.0. The predicted octanol–water partition coefficient (Wildman–Crippen LogP) is 3.79. The van der Waals surface area contributed by atoms with Crippen LogP contribution in [0.5, 0.6) is 0 Å². The second-order valence-electron chi connectivity index (χ2n) is 6.42. The maximum atomic E-state index is 12.8. The van der Waals surface area contributed by atoms with Gasteiger partial charge in [0.25, 0.3) is 0 Å². The first-order chi connectivity index (χ1) is 12.1. The highest BCUT2D eigenvalue weighted by Gasteiger charge is 2.30. The minimum Gasteiger partial charge on any atom is -0.338 e. The van der Waals surface area contributed by atoms with Gasteiger partial charge in [-0.15, -0.1) is 5.10 Å². The van der Waals surface area contributed by atoms with Gasteiger partial charge in [-0.1, -0.05) is 29.1 Å². The van der Waals surface area contributed by atoms with Crippen LogP contribution in [0.2, 0.25) is 0 Å². The lowest BCUT2D eigenvalue weighted by atomic mass is 10.1. The van der Waals surface area contributed by atoms with Gasteiger partial charge in [0.2, 0.25) is 16.9 Å². The first kappa shape index (κ1) is 18.4. The molecule has 0 spiro atoms. The van der Waals surface area contributed by atoms with Crippen LogP contribution in [0.3, 0.4) is 0 Å². The Morgan fingerprint density at radius 3 is 2.65 bits per heavy atom. The number of hydrogen-bond donors (Lipinski definition) is 0. The van der Waals surface area contributed by atoms with Gasteiger partial charge in [0.15, 0.2) is 0 Å². The molecule has 0 fully saturated rings. The van der Waals surface area contributed by atoms with Gasteiger partial charge in [0.1, 0.15) is 0 Å². The first-order valence-electron chi connectivity index (χ1n) is 7.56. The Bertz CT molecular complexity index is 899. The van der Waals surface area contributed by atoms with E-state index in [1.165, 1.54) is 23.9 Å². The molecule has 2 aromatic heterocycles. The molecule has 11 heteroatoms. The second-order valence-corrected chi connectivity index (χ2v) is 7.37. The maximum absolute atomic E-state index is 12.8. The van der Waals surface area contributed by atoms with Gasteiger partial charge >= 0.3 is 6.18 Å². The summed E-state index contributed by atoms with van der Waals surface area (Å²) in [7, 11) is 0. The summed E-state index contributed by atoms with van der Waals surface area (Å²) < 4.78 is 45.2. The zero-order chi connectivity index (χ0) is 18.9. The molecule has 0 aliphatic carbocycles. The molecule has 0 radical (unpaired) electrons. The fraction of sp³-hybridized carbons (Fsp3) is 0.400. The van der Waals surface area contributed by atoms with Gasteiger partial charge < -0.3 is 4.52 Å². The molecule has 0 saturated heterocycles. The van der Waals surface area contributed by atoms with E-state index in [9.17, 15) is 13.2 Å². The molecule has 0 saturated carbocycles. The van der Waals surface area contributed by atoms with Crippen molar-refractivity contribution in [3.63, 3.8) is 0 Å². The summed E-state index contributed by atoms with van der Waals surface area (Å²) in [6, 6.07) is 4.78. The van der Waals surface area contributed by atoms with E-state index in [-0.39, 0.29) is 22.8 Å². The van der Waals surface area contributed by atoms with Gasteiger partial charge in [-0.25, -0.2) is 4.68 Å². The van der Waals surface area contributed by atoms with Crippen LogP contribution < -0.4 is 0 Å². The van der Waals surface area contributed by atoms with Gasteiger partial charge in [0.05, 0.1) is 16.9 Å². The number of tetrazole rings is 1. The molecule has 0 bridgehead atoms. The van der Waals surface area contributed by atoms with Crippen LogP contribution in [0.15, 0.2) is 33.9 Å². The number of aromatic nitrogens is 6. The van der Waals surface area contributed by atoms with E-state index >= 15 is 0 Å². The number of halogens is 3. The fourth-order valence-corrected chi connectivity index (χ4v) is 2.98. The van der Waals surface area contributed by atoms with Crippen LogP contribution in [0.1, 0.15) is 32.2 Å². The third-order valence-corrected chi connectivity index (χ3v) is 4.22. The Balaban J connectivity index is 1.74. The number of hydrogen-bond acceptors (Lipinski definition) is 7. The SMILES string of the molecule is CC(C)(C)n1nnnc1SCc1nc(-c2cccc(C(F)(F)F)c2)no1. The van der Waals surface area contributed by atoms with Crippen molar-refractivity contribution in [2.24, 2.45) is 0 Å². The maximum Gasteiger partial charge on any atom is 0.416 e. The molecule has 3 aromatic rings. The number of rotatable bonds is 4. The molecule has 26 heavy (non-hydrogen) atoms. The number of nitrogens with zero attached hydrogens (tertiary/aromatic N) is 6. The fourth-order valence-electron chi connectivity index (χ4n) is 2.08. The molecule has 0 atom stereocenters. The monoisotopic (exact) mass is 384 g/mol. The minimum absolute atomic E-state index is 0.0992. The van der Waals surface area contributed by atoms with E-state index in [1.807, 2.05) is 20.8 Å². The van der Waals surface area contributed by atoms with Crippen molar-refractivity contribution in [3.05, 3.63) is 35.7 Å². The summed E-state index contributed by atoms with van der Waals surface area (Å²) in [4.78, 5) is 4.15. The lowest BCUT2D eigenvalue weighted by Gasteiger charge is -2.19. The quantitative estimate of drug-likeness (QED) is 0.633. The van der Waals surface area contributed by atoms with Crippen molar-refractivity contribution in [1.29, 1.82) is 0 Å². The van der Waals surface area contributed by atoms with Crippen LogP contribution in [0.25, 0.3) is 11.4 Å². The van der Waals surface area contributed by atoms with E-state index in [2.05, 4.69) is 25.7 Å². The zero-order valence-electron chi connectivity index (χ0n) is 14.2. The molecule has 138 valence electrons. The van der Waals surface area contributed by atoms with Crippen LogP contribution in [0, 0.1) is 0 Å². The van der Waals surface area contributed by atoms with Gasteiger partial charge in [-0.3, -0.25) is 0 Å². The normalized spacial score (nSPS) is 12.5. The Kier molecular flexibility index (Phi) is 4.74. The van der Waals surface area contributed by atoms with Crippen molar-refractivity contribution in [2.75, 3.05) is 0 Å². The Morgan fingerprint density at radius 1 is 1.19 bits per heavy atom. The summed E-state index contributed by atoms with van der Waals surface area (Å²) >= 11 is 1.30. The van der Waals surface area contributed by atoms with Crippen molar-refractivity contribution >= 4 is 11.8 Å². The number of benzene rings is 1. The third-order valence-electron chi connectivity index (χ3n) is 3.32. The van der Waals surface area contributed by atoms with E-state index in [0.717, 1.165) is 12.1 Å². The third kappa shape index (κ3) is 4.03. The number of thioether (sulfide) groups is 1. The standard InChI is InChI=1S/C15H15F3N6OS/c1-14(2,3)24-13(20-22-23-24)26-8-11-19-12(21-25-11)9-5-4-6-10(7-9)15(16,17)18/h4-7H,8H2,1-3H3. The van der Waals surface area contributed by atoms with Crippen molar-refractivity contribution in [3.8, 4) is 11.4 Å². The molecular formula is C15H15F3N6OS. The molecule has 2 heterocycles. The molecule has 1 aromatic carbocycles. The van der Waals surface area contributed by atoms with Gasteiger partial charge in [-0.2, -0.15) is 18.2 Å². The van der Waals surface area contributed by atoms with Crippen LogP contribution in [-0.4, -0.2) is 30.3 Å². The van der Waals surface area contributed by atoms with Crippen molar-refractivity contribution in [1.82, 2.24) is 30.3 Å². The first-order valence-corrected chi connectivity index (χ1v) is 8.55. The van der Waals surface area contributed by atoms with E-state index in [1.54, 1.807) is 4.68 Å². The van der Waals surface area contributed by atoms with Crippen LogP contribution >= 0.6 is 11.8 Å². The molecule has 0 aliphatic rings. The summed E-state index contributed by atoms with van der Waals surface area (Å²) in [5.41, 5.74) is -0.816. The van der Waals surface area contributed by atoms with E-state index in [0.29, 0.717) is 10.9 Å². The summed E-state index contributed by atoms with van der Waals surface area (Å²) in [5.74, 6) is 0.663. The van der Waals surface area contributed by atoms with Gasteiger partial charge in [-0.05, 0) is 43.3 Å². The molecular weight excluding hydrogens is 369 g/mol. The van der Waals surface area contributed by atoms with Crippen LogP contribution in [0.4, 0.5) is 13.2 Å². The predicted molar refractivity (Wildman–Crippen MR) is 87.1 cm³/mol. The summed E-state index contributed by atoms with van der Waals surface area (Å²) in [6.07, 6.45) is -4.43. The Labute approximate surface area is 151 Å². The Morgan fingerprint density at radius 2 is 1.96 bits per heavy atom. The highest BCUT2D eigenvalue weighted by Crippen LogP contribution is 2.32. The summed E-state index contributed by atoms with van der Waals surface area (Å²) in [5, 5.41) is 15.9. The molecule has 3 rings (SSSR count). The van der Waals surface area contributed by atoms with Crippen LogP contribution in [-0.2, 0) is 17.5 Å². The largest absolute Gasteiger partial charge is 0.416 e. The number of alkyl halides is 3. The smallest absolute Gasteiger partial charge is 0.338 e. The molecule has 7 nitrogen and oxygen atoms in total. The Hall–Kier alpha value is -2.43. The highest BCUT2D eigenvalue weighted by atomic mass is 32.2. The second kappa shape index (κ2) is 6.71. The topological polar surface area (TPSA) is 82.5 Å². The minimum atomic E-state index is -4.43. The lowest BCUT2D eigenvalue weighted by molar-refractivity contribution is -0.137. The lowest BCUT2D eigenvalue weighted by Crippen LogP contribution is -2.24. The van der Waals surface area contributed by atoms with Crippen molar-refractivity contribution < 1.29 is 17.7 Å². The average molecular weight is 384 g/mol.